The van der Waals surface area contributed by atoms with Gasteiger partial charge in [-0.15, -0.1) is 4.40 Å². The Morgan fingerprint density at radius 1 is 1.36 bits per heavy atom. The van der Waals surface area contributed by atoms with Crippen molar-refractivity contribution >= 4 is 49.4 Å². The number of anilines is 1. The van der Waals surface area contributed by atoms with Gasteiger partial charge in [0.15, 0.2) is 17.4 Å². The molecule has 1 aliphatic rings. The third kappa shape index (κ3) is 4.82. The van der Waals surface area contributed by atoms with E-state index in [0.717, 1.165) is 0 Å². The second-order valence-electron chi connectivity index (χ2n) is 7.68. The van der Waals surface area contributed by atoms with Crippen molar-refractivity contribution in [1.82, 2.24) is 9.62 Å². The van der Waals surface area contributed by atoms with Crippen molar-refractivity contribution < 1.29 is 18.3 Å². The molecule has 0 radical (unpaired) electrons. The minimum Gasteiger partial charge on any atom is -0.505 e. The monoisotopic (exact) mass is 473 g/mol. The van der Waals surface area contributed by atoms with Crippen molar-refractivity contribution in [3.05, 3.63) is 22.2 Å². The van der Waals surface area contributed by atoms with Crippen LogP contribution in [0.5, 0.6) is 5.75 Å². The van der Waals surface area contributed by atoms with Crippen LogP contribution in [0.1, 0.15) is 38.1 Å². The van der Waals surface area contributed by atoms with Gasteiger partial charge in [-0.3, -0.25) is 9.79 Å². The molecule has 0 bridgehead atoms. The summed E-state index contributed by atoms with van der Waals surface area (Å²) in [5.74, 6) is -0.757. The number of aromatic hydroxyl groups is 1. The van der Waals surface area contributed by atoms with Crippen molar-refractivity contribution in [3.8, 4) is 5.75 Å². The van der Waals surface area contributed by atoms with Gasteiger partial charge in [0.25, 0.3) is 5.91 Å². The molecule has 3 N–H and O–H groups in total. The summed E-state index contributed by atoms with van der Waals surface area (Å²) in [5, 5.41) is 13.3. The van der Waals surface area contributed by atoms with Gasteiger partial charge in [-0.2, -0.15) is 8.42 Å². The molecule has 1 aromatic rings. The molecule has 0 unspecified atom stereocenters. The van der Waals surface area contributed by atoms with Crippen LogP contribution in [0.25, 0.3) is 0 Å². The number of aliphatic imine (C=N–C) groups is 1. The van der Waals surface area contributed by atoms with Crippen LogP contribution in [0.2, 0.25) is 0 Å². The summed E-state index contributed by atoms with van der Waals surface area (Å²) in [6.07, 6.45) is 0. The Hall–Kier alpha value is -2.14. The Morgan fingerprint density at radius 2 is 1.96 bits per heavy atom. The van der Waals surface area contributed by atoms with E-state index in [-0.39, 0.29) is 40.1 Å². The van der Waals surface area contributed by atoms with Crippen molar-refractivity contribution in [2.24, 2.45) is 14.8 Å². The fourth-order valence-electron chi connectivity index (χ4n) is 2.14. The van der Waals surface area contributed by atoms with Gasteiger partial charge in [-0.1, -0.05) is 20.8 Å². The molecule has 1 atom stereocenters. The largest absolute Gasteiger partial charge is 0.505 e. The number of nitrogens with one attached hydrogen (secondary N) is 2. The maximum atomic E-state index is 12.3. The number of carbonyl (C=O) groups is 1. The molecule has 0 aliphatic carbocycles. The van der Waals surface area contributed by atoms with Crippen LogP contribution < -0.4 is 10.0 Å². The average Bonchev–Trinajstić information content (AvgIpc) is 2.82. The van der Waals surface area contributed by atoms with Gasteiger partial charge in [-0.05, 0) is 40.4 Å². The molecule has 154 valence electrons. The molecular weight excluding hydrogens is 450 g/mol. The first-order chi connectivity index (χ1) is 12.7. The number of halogens is 1. The fourth-order valence-corrected chi connectivity index (χ4v) is 3.44. The summed E-state index contributed by atoms with van der Waals surface area (Å²) in [6.45, 7) is 7.81. The molecule has 1 heterocycles. The van der Waals surface area contributed by atoms with Gasteiger partial charge in [0.1, 0.15) is 0 Å². The molecule has 11 heteroatoms. The molecule has 28 heavy (non-hydrogen) atoms. The van der Waals surface area contributed by atoms with E-state index in [4.69, 9.17) is 0 Å². The molecule has 0 spiro atoms. The first-order valence-corrected chi connectivity index (χ1v) is 10.7. The van der Waals surface area contributed by atoms with Crippen molar-refractivity contribution in [2.75, 3.05) is 19.4 Å². The highest BCUT2D eigenvalue weighted by atomic mass is 79.9. The van der Waals surface area contributed by atoms with Crippen LogP contribution >= 0.6 is 15.9 Å². The molecule has 1 amide bonds. The quantitative estimate of drug-likeness (QED) is 0.581. The van der Waals surface area contributed by atoms with Gasteiger partial charge >= 0.3 is 10.2 Å². The van der Waals surface area contributed by atoms with E-state index >= 15 is 0 Å². The third-order valence-electron chi connectivity index (χ3n) is 4.24. The van der Waals surface area contributed by atoms with Crippen LogP contribution in [0.4, 0.5) is 5.69 Å². The summed E-state index contributed by atoms with van der Waals surface area (Å²) in [4.78, 5) is 18.1. The molecule has 2 rings (SSSR count). The Kier molecular flexibility index (Phi) is 6.10. The van der Waals surface area contributed by atoms with E-state index in [1.165, 1.54) is 11.0 Å². The Bertz CT molecular complexity index is 964. The van der Waals surface area contributed by atoms with Crippen LogP contribution in [-0.2, 0) is 10.2 Å². The average molecular weight is 474 g/mol. The summed E-state index contributed by atoms with van der Waals surface area (Å²) < 4.78 is 30.2. The number of phenols is 1. The maximum absolute atomic E-state index is 12.3. The number of carbonyl (C=O) groups excluding carboxylic acids is 1. The Morgan fingerprint density at radius 3 is 2.50 bits per heavy atom. The zero-order chi connectivity index (χ0) is 21.4. The smallest absolute Gasteiger partial charge is 0.345 e. The maximum Gasteiger partial charge on any atom is 0.345 e. The lowest BCUT2D eigenvalue weighted by molar-refractivity contribution is 0.0824. The predicted molar refractivity (Wildman–Crippen MR) is 113 cm³/mol. The lowest BCUT2D eigenvalue weighted by Gasteiger charge is -2.24. The van der Waals surface area contributed by atoms with Gasteiger partial charge in [0.2, 0.25) is 0 Å². The normalized spacial score (nSPS) is 18.4. The highest BCUT2D eigenvalue weighted by Crippen LogP contribution is 2.34. The molecule has 0 aromatic heterocycles. The second kappa shape index (κ2) is 7.70. The number of benzene rings is 1. The topological polar surface area (TPSA) is 123 Å². The number of hydrogen-bond donors (Lipinski definition) is 3. The highest BCUT2D eigenvalue weighted by Gasteiger charge is 2.30. The van der Waals surface area contributed by atoms with E-state index in [1.807, 2.05) is 27.7 Å². The standard InChI is InChI=1S/C17H24BrN5O4S/c1-9(17(2,3)4)19-14-15(22-28(26,27)21-14)20-11-8-7-10(18)12(13(11)24)16(25)23(5)6/h7-9,24H,1-6H3,(H,19,21)(H,20,22)/t9-/m0/s1. The lowest BCUT2D eigenvalue weighted by Crippen LogP contribution is -2.34. The zero-order valence-electron chi connectivity index (χ0n) is 16.5. The fraction of sp³-hybridized carbons (Fsp3) is 0.471. The summed E-state index contributed by atoms with van der Waals surface area (Å²) >= 11 is 3.25. The van der Waals surface area contributed by atoms with Gasteiger partial charge in [0, 0.05) is 18.6 Å². The van der Waals surface area contributed by atoms with Crippen LogP contribution in [0, 0.1) is 5.41 Å². The van der Waals surface area contributed by atoms with E-state index in [2.05, 4.69) is 35.4 Å². The molecule has 0 saturated carbocycles. The van der Waals surface area contributed by atoms with Crippen molar-refractivity contribution in [1.29, 1.82) is 0 Å². The molecule has 1 aliphatic heterocycles. The Balaban J connectivity index is 2.47. The van der Waals surface area contributed by atoms with Crippen LogP contribution in [0.15, 0.2) is 26.0 Å². The number of hydrogen-bond acceptors (Lipinski definition) is 6. The molecular formula is C17H24BrN5O4S. The summed E-state index contributed by atoms with van der Waals surface area (Å²) in [7, 11) is -0.818. The zero-order valence-corrected chi connectivity index (χ0v) is 18.9. The van der Waals surface area contributed by atoms with E-state index < -0.39 is 16.1 Å². The minimum absolute atomic E-state index is 0.0465. The number of amides is 1. The van der Waals surface area contributed by atoms with Crippen molar-refractivity contribution in [3.63, 3.8) is 0 Å². The lowest BCUT2D eigenvalue weighted by atomic mass is 9.88. The number of amidine groups is 2. The van der Waals surface area contributed by atoms with Crippen LogP contribution in [0.3, 0.4) is 0 Å². The molecule has 0 fully saturated rings. The Labute approximate surface area is 173 Å². The number of rotatable bonds is 3. The highest BCUT2D eigenvalue weighted by molar-refractivity contribution is 9.10. The number of nitrogens with zero attached hydrogens (tertiary/aromatic N) is 3. The van der Waals surface area contributed by atoms with E-state index in [1.54, 1.807) is 20.2 Å². The summed E-state index contributed by atoms with van der Waals surface area (Å²) in [5.41, 5.74) is -0.0230. The van der Waals surface area contributed by atoms with Gasteiger partial charge in [0.05, 0.1) is 17.3 Å². The first kappa shape index (κ1) is 22.2. The van der Waals surface area contributed by atoms with E-state index in [9.17, 15) is 18.3 Å². The minimum atomic E-state index is -3.94. The SMILES string of the molecule is C[C@H](N=C1NS(=O)(=O)N=C1Nc1ccc(Br)c(C(=O)N(C)C)c1O)C(C)(C)C. The first-order valence-electron chi connectivity index (χ1n) is 8.44. The molecule has 0 saturated heterocycles. The van der Waals surface area contributed by atoms with Crippen LogP contribution in [-0.4, -0.2) is 56.1 Å². The van der Waals surface area contributed by atoms with E-state index in [0.29, 0.717) is 4.47 Å². The molecule has 1 aromatic carbocycles. The van der Waals surface area contributed by atoms with Crippen molar-refractivity contribution in [2.45, 2.75) is 33.7 Å². The molecule has 9 nitrogen and oxygen atoms in total. The third-order valence-corrected chi connectivity index (χ3v) is 5.77. The van der Waals surface area contributed by atoms with Gasteiger partial charge in [-0.25, -0.2) is 4.72 Å². The summed E-state index contributed by atoms with van der Waals surface area (Å²) in [6, 6.07) is 2.87. The predicted octanol–water partition coefficient (Wildman–Crippen LogP) is 2.35. The van der Waals surface area contributed by atoms with Gasteiger partial charge < -0.3 is 15.3 Å². The second-order valence-corrected chi connectivity index (χ2v) is 9.87. The number of phenolic OH excluding ortho intramolecular Hbond substituents is 1.